The average Bonchev–Trinajstić information content (AvgIpc) is 2.73. The van der Waals surface area contributed by atoms with Crippen molar-refractivity contribution in [2.45, 2.75) is 26.8 Å². The van der Waals surface area contributed by atoms with Gasteiger partial charge in [0, 0.05) is 6.54 Å². The second-order valence-electron chi connectivity index (χ2n) is 6.52. The van der Waals surface area contributed by atoms with Crippen LogP contribution in [0.3, 0.4) is 0 Å². The first-order valence-corrected chi connectivity index (χ1v) is 9.40. The van der Waals surface area contributed by atoms with E-state index in [0.29, 0.717) is 35.4 Å². The third-order valence-corrected chi connectivity index (χ3v) is 4.42. The minimum atomic E-state index is -0.504. The molecule has 0 N–H and O–H groups in total. The van der Waals surface area contributed by atoms with Crippen LogP contribution in [0.25, 0.3) is 10.9 Å². The Morgan fingerprint density at radius 2 is 1.83 bits per heavy atom. The zero-order valence-corrected chi connectivity index (χ0v) is 16.5. The van der Waals surface area contributed by atoms with Crippen LogP contribution in [0.4, 0.5) is 0 Å². The lowest BCUT2D eigenvalue weighted by atomic mass is 10.1. The first-order valence-electron chi connectivity index (χ1n) is 9.40. The highest BCUT2D eigenvalue weighted by Gasteiger charge is 2.08. The van der Waals surface area contributed by atoms with E-state index in [4.69, 9.17) is 9.57 Å². The molecule has 150 valence electrons. The van der Waals surface area contributed by atoms with Crippen LogP contribution in [-0.2, 0) is 20.9 Å². The van der Waals surface area contributed by atoms with Gasteiger partial charge in [0.2, 0.25) is 6.61 Å². The number of ether oxygens (including phenoxy) is 1. The SMILES string of the molecule is CC(=NOCC(=O)OCCCn1c(C)nc2ccccc2c1=O)c1ccccc1. The van der Waals surface area contributed by atoms with Crippen molar-refractivity contribution in [2.24, 2.45) is 5.16 Å². The third kappa shape index (κ3) is 5.28. The second kappa shape index (κ2) is 9.64. The number of rotatable bonds is 8. The number of hydrogen-bond acceptors (Lipinski definition) is 6. The first-order chi connectivity index (χ1) is 14.1. The van der Waals surface area contributed by atoms with Crippen LogP contribution in [0.2, 0.25) is 0 Å². The molecule has 1 heterocycles. The van der Waals surface area contributed by atoms with Gasteiger partial charge in [-0.05, 0) is 38.0 Å². The Morgan fingerprint density at radius 1 is 1.10 bits per heavy atom. The summed E-state index contributed by atoms with van der Waals surface area (Å²) in [4.78, 5) is 33.9. The van der Waals surface area contributed by atoms with Gasteiger partial charge in [-0.1, -0.05) is 47.6 Å². The zero-order valence-electron chi connectivity index (χ0n) is 16.5. The van der Waals surface area contributed by atoms with E-state index in [2.05, 4.69) is 10.1 Å². The van der Waals surface area contributed by atoms with Crippen molar-refractivity contribution in [3.05, 3.63) is 76.3 Å². The number of esters is 1. The van der Waals surface area contributed by atoms with Crippen LogP contribution < -0.4 is 5.56 Å². The number of hydrogen-bond donors (Lipinski definition) is 0. The molecule has 2 aromatic carbocycles. The molecule has 1 aromatic heterocycles. The Kier molecular flexibility index (Phi) is 6.73. The fraction of sp³-hybridized carbons (Fsp3) is 0.273. The average molecular weight is 393 g/mol. The van der Waals surface area contributed by atoms with E-state index in [1.165, 1.54) is 0 Å². The van der Waals surface area contributed by atoms with Crippen molar-refractivity contribution < 1.29 is 14.4 Å². The smallest absolute Gasteiger partial charge is 0.347 e. The number of aromatic nitrogens is 2. The number of aryl methyl sites for hydroxylation is 1. The van der Waals surface area contributed by atoms with Crippen LogP contribution in [-0.4, -0.2) is 34.4 Å². The monoisotopic (exact) mass is 393 g/mol. The van der Waals surface area contributed by atoms with Gasteiger partial charge < -0.3 is 9.57 Å². The fourth-order valence-corrected chi connectivity index (χ4v) is 2.91. The molecule has 0 saturated carbocycles. The highest BCUT2D eigenvalue weighted by Crippen LogP contribution is 2.07. The minimum absolute atomic E-state index is 0.0894. The molecule has 3 rings (SSSR count). The maximum atomic E-state index is 12.6. The topological polar surface area (TPSA) is 82.8 Å². The number of oxime groups is 1. The molecule has 3 aromatic rings. The fourth-order valence-electron chi connectivity index (χ4n) is 2.91. The molecular formula is C22H23N3O4. The highest BCUT2D eigenvalue weighted by molar-refractivity contribution is 5.98. The summed E-state index contributed by atoms with van der Waals surface area (Å²) < 4.78 is 6.75. The van der Waals surface area contributed by atoms with E-state index in [1.54, 1.807) is 24.5 Å². The Bertz CT molecular complexity index is 1070. The largest absolute Gasteiger partial charge is 0.463 e. The van der Waals surface area contributed by atoms with E-state index in [-0.39, 0.29) is 18.8 Å². The number of benzene rings is 2. The van der Waals surface area contributed by atoms with Gasteiger partial charge in [0.1, 0.15) is 5.82 Å². The molecule has 7 nitrogen and oxygen atoms in total. The van der Waals surface area contributed by atoms with Crippen molar-refractivity contribution in [1.29, 1.82) is 0 Å². The van der Waals surface area contributed by atoms with Gasteiger partial charge >= 0.3 is 5.97 Å². The predicted molar refractivity (Wildman–Crippen MR) is 111 cm³/mol. The summed E-state index contributed by atoms with van der Waals surface area (Å²) in [5.74, 6) is 0.129. The third-order valence-electron chi connectivity index (χ3n) is 4.42. The molecule has 0 aliphatic rings. The summed E-state index contributed by atoms with van der Waals surface area (Å²) in [6, 6.07) is 16.8. The quantitative estimate of drug-likeness (QED) is 0.254. The molecule has 0 unspecified atom stereocenters. The molecule has 0 spiro atoms. The summed E-state index contributed by atoms with van der Waals surface area (Å²) >= 11 is 0. The van der Waals surface area contributed by atoms with Gasteiger partial charge in [-0.2, -0.15) is 0 Å². The number of fused-ring (bicyclic) bond motifs is 1. The molecule has 29 heavy (non-hydrogen) atoms. The van der Waals surface area contributed by atoms with Gasteiger partial charge in [0.05, 0.1) is 23.2 Å². The van der Waals surface area contributed by atoms with Crippen molar-refractivity contribution >= 4 is 22.6 Å². The number of nitrogens with zero attached hydrogens (tertiary/aromatic N) is 3. The maximum Gasteiger partial charge on any atom is 0.347 e. The molecule has 0 aliphatic carbocycles. The molecule has 0 aliphatic heterocycles. The van der Waals surface area contributed by atoms with Crippen LogP contribution >= 0.6 is 0 Å². The molecule has 0 atom stereocenters. The lowest BCUT2D eigenvalue weighted by Crippen LogP contribution is -2.25. The van der Waals surface area contributed by atoms with Crippen LogP contribution in [0.5, 0.6) is 0 Å². The van der Waals surface area contributed by atoms with Crippen LogP contribution in [0.1, 0.15) is 24.7 Å². The van der Waals surface area contributed by atoms with E-state index in [9.17, 15) is 9.59 Å². The Morgan fingerprint density at radius 3 is 2.62 bits per heavy atom. The molecule has 0 fully saturated rings. The lowest BCUT2D eigenvalue weighted by Gasteiger charge is -2.11. The normalized spacial score (nSPS) is 11.4. The summed E-state index contributed by atoms with van der Waals surface area (Å²) in [6.07, 6.45) is 0.499. The number of para-hydroxylation sites is 1. The van der Waals surface area contributed by atoms with Crippen molar-refractivity contribution in [3.63, 3.8) is 0 Å². The molecule has 0 saturated heterocycles. The Hall–Kier alpha value is -3.48. The summed E-state index contributed by atoms with van der Waals surface area (Å²) in [7, 11) is 0. The summed E-state index contributed by atoms with van der Waals surface area (Å²) in [6.45, 7) is 3.93. The maximum absolute atomic E-state index is 12.6. The van der Waals surface area contributed by atoms with Crippen LogP contribution in [0, 0.1) is 6.92 Å². The Balaban J connectivity index is 1.45. The van der Waals surface area contributed by atoms with Crippen molar-refractivity contribution in [3.8, 4) is 0 Å². The van der Waals surface area contributed by atoms with Gasteiger partial charge in [0.15, 0.2) is 0 Å². The molecule has 0 radical (unpaired) electrons. The van der Waals surface area contributed by atoms with Crippen molar-refractivity contribution in [1.82, 2.24) is 9.55 Å². The minimum Gasteiger partial charge on any atom is -0.463 e. The molecule has 0 amide bonds. The van der Waals surface area contributed by atoms with E-state index >= 15 is 0 Å². The summed E-state index contributed by atoms with van der Waals surface area (Å²) in [5, 5.41) is 4.50. The van der Waals surface area contributed by atoms with E-state index < -0.39 is 5.97 Å². The first kappa shape index (κ1) is 20.3. The molecule has 7 heteroatoms. The van der Waals surface area contributed by atoms with Crippen LogP contribution in [0.15, 0.2) is 64.5 Å². The zero-order chi connectivity index (χ0) is 20.6. The van der Waals surface area contributed by atoms with Gasteiger partial charge in [-0.3, -0.25) is 9.36 Å². The molecular weight excluding hydrogens is 370 g/mol. The van der Waals surface area contributed by atoms with Gasteiger partial charge in [-0.25, -0.2) is 9.78 Å². The highest BCUT2D eigenvalue weighted by atomic mass is 16.7. The van der Waals surface area contributed by atoms with E-state index in [0.717, 1.165) is 5.56 Å². The number of carbonyl (C=O) groups is 1. The van der Waals surface area contributed by atoms with Gasteiger partial charge in [0.25, 0.3) is 5.56 Å². The predicted octanol–water partition coefficient (Wildman–Crippen LogP) is 3.08. The standard InChI is InChI=1S/C22H23N3O4/c1-16(18-9-4-3-5-10-18)24-29-15-21(26)28-14-8-13-25-17(2)23-20-12-7-6-11-19(20)22(25)27/h3-7,9-12H,8,13-15H2,1-2H3. The van der Waals surface area contributed by atoms with Crippen molar-refractivity contribution in [2.75, 3.05) is 13.2 Å². The Labute approximate surface area is 168 Å². The summed E-state index contributed by atoms with van der Waals surface area (Å²) in [5.41, 5.74) is 2.19. The number of carbonyl (C=O) groups excluding carboxylic acids is 1. The van der Waals surface area contributed by atoms with Gasteiger partial charge in [-0.15, -0.1) is 0 Å². The van der Waals surface area contributed by atoms with E-state index in [1.807, 2.05) is 48.5 Å². The second-order valence-corrected chi connectivity index (χ2v) is 6.52. The molecule has 0 bridgehead atoms. The lowest BCUT2D eigenvalue weighted by molar-refractivity contribution is -0.149.